The maximum absolute atomic E-state index is 10.8. The summed E-state index contributed by atoms with van der Waals surface area (Å²) in [6.45, 7) is 1.42. The zero-order chi connectivity index (χ0) is 12.0. The smallest absolute Gasteiger partial charge is 0.312 e. The molecule has 1 atom stereocenters. The first-order valence-corrected chi connectivity index (χ1v) is 7.38. The first-order chi connectivity index (χ1) is 7.59. The van der Waals surface area contributed by atoms with Crippen molar-refractivity contribution in [2.45, 2.75) is 13.0 Å². The van der Waals surface area contributed by atoms with Crippen molar-refractivity contribution in [1.29, 1.82) is 0 Å². The lowest BCUT2D eigenvalue weighted by Crippen LogP contribution is -2.15. The van der Waals surface area contributed by atoms with Gasteiger partial charge in [-0.2, -0.15) is 0 Å². The molecule has 0 aliphatic heterocycles. The van der Waals surface area contributed by atoms with E-state index >= 15 is 0 Å². The van der Waals surface area contributed by atoms with Gasteiger partial charge in [-0.1, -0.05) is 11.3 Å². The molecule has 0 aromatic carbocycles. The Kier molecular flexibility index (Phi) is 5.58. The quantitative estimate of drug-likeness (QED) is 0.459. The molecule has 0 aliphatic carbocycles. The lowest BCUT2D eigenvalue weighted by atomic mass is 10.4. The van der Waals surface area contributed by atoms with E-state index in [1.807, 2.05) is 0 Å². The van der Waals surface area contributed by atoms with E-state index in [0.29, 0.717) is 12.3 Å². The van der Waals surface area contributed by atoms with Gasteiger partial charge in [-0.3, -0.25) is 14.3 Å². The second-order valence-corrected chi connectivity index (χ2v) is 6.01. The number of nitro groups is 1. The van der Waals surface area contributed by atoms with E-state index in [2.05, 4.69) is 5.32 Å². The van der Waals surface area contributed by atoms with Crippen LogP contribution >= 0.6 is 11.3 Å². The Balaban J connectivity index is 2.21. The minimum absolute atomic E-state index is 0.173. The lowest BCUT2D eigenvalue weighted by Gasteiger charge is -2.00. The molecule has 0 saturated heterocycles. The van der Waals surface area contributed by atoms with Gasteiger partial charge in [0.05, 0.1) is 4.92 Å². The van der Waals surface area contributed by atoms with Crippen LogP contribution in [0.1, 0.15) is 11.3 Å². The number of nitrogens with zero attached hydrogens (tertiary/aromatic N) is 1. The summed E-state index contributed by atoms with van der Waals surface area (Å²) in [5.74, 6) is 0.692. The summed E-state index contributed by atoms with van der Waals surface area (Å²) in [4.78, 5) is 11.0. The van der Waals surface area contributed by atoms with Gasteiger partial charge < -0.3 is 5.32 Å². The Morgan fingerprint density at radius 3 is 2.88 bits per heavy atom. The Bertz CT molecular complexity index is 379. The van der Waals surface area contributed by atoms with Crippen LogP contribution in [0.3, 0.4) is 0 Å². The average molecular weight is 262 g/mol. The minimum atomic E-state index is -0.742. The number of hydrogen-bond acceptors (Lipinski definition) is 5. The highest BCUT2D eigenvalue weighted by molar-refractivity contribution is 7.84. The molecule has 1 unspecified atom stereocenters. The van der Waals surface area contributed by atoms with Gasteiger partial charge in [0.25, 0.3) is 0 Å². The zero-order valence-corrected chi connectivity index (χ0v) is 10.6. The molecule has 0 radical (unpaired) electrons. The van der Waals surface area contributed by atoms with Crippen LogP contribution in [0.5, 0.6) is 0 Å². The van der Waals surface area contributed by atoms with E-state index in [1.54, 1.807) is 12.3 Å². The van der Waals surface area contributed by atoms with Crippen molar-refractivity contribution >= 4 is 27.1 Å². The molecule has 0 saturated carbocycles. The van der Waals surface area contributed by atoms with E-state index in [4.69, 9.17) is 0 Å². The molecule has 0 bridgehead atoms. The lowest BCUT2D eigenvalue weighted by molar-refractivity contribution is -0.380. The second kappa shape index (κ2) is 6.72. The number of nitrogens with one attached hydrogen (secondary N) is 1. The van der Waals surface area contributed by atoms with E-state index in [1.165, 1.54) is 17.4 Å². The predicted molar refractivity (Wildman–Crippen MR) is 66.2 cm³/mol. The summed E-state index contributed by atoms with van der Waals surface area (Å²) in [5.41, 5.74) is 0. The van der Waals surface area contributed by atoms with Crippen molar-refractivity contribution in [3.8, 4) is 0 Å². The highest BCUT2D eigenvalue weighted by Crippen LogP contribution is 2.23. The standard InChI is InChI=1S/C9H14N2O3S2/c1-16(14)6-2-5-10-7-8-3-4-9(15-8)11(12)13/h3-4,10H,2,5-7H2,1H3. The Labute approximate surface area is 100 Å². The van der Waals surface area contributed by atoms with Gasteiger partial charge in [-0.05, 0) is 19.0 Å². The first-order valence-electron chi connectivity index (χ1n) is 4.83. The van der Waals surface area contributed by atoms with Gasteiger partial charge in [0, 0.05) is 40.3 Å². The minimum Gasteiger partial charge on any atom is -0.312 e. The molecule has 16 heavy (non-hydrogen) atoms. The molecule has 1 N–H and O–H groups in total. The summed E-state index contributed by atoms with van der Waals surface area (Å²) >= 11 is 1.18. The van der Waals surface area contributed by atoms with Crippen molar-refractivity contribution in [1.82, 2.24) is 5.32 Å². The van der Waals surface area contributed by atoms with Gasteiger partial charge in [-0.25, -0.2) is 0 Å². The summed E-state index contributed by atoms with van der Waals surface area (Å²) in [5, 5.41) is 13.8. The topological polar surface area (TPSA) is 72.2 Å². The molecule has 0 fully saturated rings. The van der Waals surface area contributed by atoms with Gasteiger partial charge in [0.15, 0.2) is 0 Å². The maximum Gasteiger partial charge on any atom is 0.324 e. The zero-order valence-electron chi connectivity index (χ0n) is 8.97. The first kappa shape index (κ1) is 13.3. The summed E-state index contributed by atoms with van der Waals surface area (Å²) in [6, 6.07) is 3.27. The van der Waals surface area contributed by atoms with Gasteiger partial charge in [0.1, 0.15) is 0 Å². The number of hydrogen-bond donors (Lipinski definition) is 1. The monoisotopic (exact) mass is 262 g/mol. The summed E-state index contributed by atoms with van der Waals surface area (Å²) in [6.07, 6.45) is 2.54. The van der Waals surface area contributed by atoms with E-state index in [9.17, 15) is 14.3 Å². The van der Waals surface area contributed by atoms with Crippen LogP contribution in [-0.2, 0) is 17.3 Å². The SMILES string of the molecule is CS(=O)CCCNCc1ccc([N+](=O)[O-])s1. The Morgan fingerprint density at radius 1 is 1.56 bits per heavy atom. The fraction of sp³-hybridized carbons (Fsp3) is 0.556. The molecule has 0 amide bonds. The highest BCUT2D eigenvalue weighted by atomic mass is 32.2. The average Bonchev–Trinajstić information content (AvgIpc) is 2.65. The number of thiophene rings is 1. The molecule has 0 aliphatic rings. The van der Waals surface area contributed by atoms with E-state index < -0.39 is 10.8 Å². The highest BCUT2D eigenvalue weighted by Gasteiger charge is 2.08. The third-order valence-electron chi connectivity index (χ3n) is 1.91. The third-order valence-corrected chi connectivity index (χ3v) is 3.81. The molecule has 0 spiro atoms. The van der Waals surface area contributed by atoms with E-state index in [0.717, 1.165) is 17.8 Å². The third kappa shape index (κ3) is 4.82. The fourth-order valence-corrected chi connectivity index (χ4v) is 2.51. The molecular formula is C9H14N2O3S2. The predicted octanol–water partition coefficient (Wildman–Crippen LogP) is 1.51. The summed E-state index contributed by atoms with van der Waals surface area (Å²) < 4.78 is 10.8. The second-order valence-electron chi connectivity index (χ2n) is 3.30. The van der Waals surface area contributed by atoms with E-state index in [-0.39, 0.29) is 9.92 Å². The van der Waals surface area contributed by atoms with Crippen molar-refractivity contribution in [3.63, 3.8) is 0 Å². The molecule has 90 valence electrons. The van der Waals surface area contributed by atoms with Crippen LogP contribution in [0.15, 0.2) is 12.1 Å². The van der Waals surface area contributed by atoms with Crippen LogP contribution in [0, 0.1) is 10.1 Å². The van der Waals surface area contributed by atoms with Crippen molar-refractivity contribution in [3.05, 3.63) is 27.1 Å². The van der Waals surface area contributed by atoms with Crippen LogP contribution < -0.4 is 5.32 Å². The van der Waals surface area contributed by atoms with Crippen LogP contribution in [0.25, 0.3) is 0 Å². The Morgan fingerprint density at radius 2 is 2.31 bits per heavy atom. The molecule has 1 heterocycles. The van der Waals surface area contributed by atoms with Crippen molar-refractivity contribution < 1.29 is 9.13 Å². The largest absolute Gasteiger partial charge is 0.324 e. The molecule has 1 aromatic rings. The molecular weight excluding hydrogens is 248 g/mol. The fourth-order valence-electron chi connectivity index (χ4n) is 1.17. The number of rotatable bonds is 7. The molecule has 1 aromatic heterocycles. The van der Waals surface area contributed by atoms with Crippen molar-refractivity contribution in [2.24, 2.45) is 0 Å². The Hall–Kier alpha value is -0.790. The normalized spacial score (nSPS) is 12.6. The van der Waals surface area contributed by atoms with Crippen LogP contribution in [0.2, 0.25) is 0 Å². The van der Waals surface area contributed by atoms with Crippen LogP contribution in [0.4, 0.5) is 5.00 Å². The molecule has 5 nitrogen and oxygen atoms in total. The van der Waals surface area contributed by atoms with Gasteiger partial charge in [0.2, 0.25) is 0 Å². The maximum atomic E-state index is 10.8. The van der Waals surface area contributed by atoms with Gasteiger partial charge >= 0.3 is 5.00 Å². The van der Waals surface area contributed by atoms with Gasteiger partial charge in [-0.15, -0.1) is 0 Å². The van der Waals surface area contributed by atoms with Crippen molar-refractivity contribution in [2.75, 3.05) is 18.6 Å². The van der Waals surface area contributed by atoms with Crippen LogP contribution in [-0.4, -0.2) is 27.7 Å². The molecule has 7 heteroatoms. The summed E-state index contributed by atoms with van der Waals surface area (Å²) in [7, 11) is -0.742. The molecule has 1 rings (SSSR count).